The van der Waals surface area contributed by atoms with Crippen molar-refractivity contribution in [1.29, 1.82) is 0 Å². The monoisotopic (exact) mass is 288 g/mol. The van der Waals surface area contributed by atoms with Crippen LogP contribution in [0, 0.1) is 10.1 Å². The Hall–Kier alpha value is -2.60. The number of nitrogens with zero attached hydrogens (tertiary/aromatic N) is 1. The lowest BCUT2D eigenvalue weighted by Crippen LogP contribution is -2.12. The lowest BCUT2D eigenvalue weighted by molar-refractivity contribution is -0.384. The van der Waals surface area contributed by atoms with Crippen LogP contribution >= 0.6 is 0 Å². The van der Waals surface area contributed by atoms with Crippen LogP contribution in [-0.4, -0.2) is 17.1 Å². The maximum absolute atomic E-state index is 10.6. The number of nitro groups is 1. The Morgan fingerprint density at radius 2 is 1.90 bits per heavy atom. The van der Waals surface area contributed by atoms with Crippen molar-refractivity contribution < 1.29 is 14.8 Å². The smallest absolute Gasteiger partial charge is 0.269 e. The summed E-state index contributed by atoms with van der Waals surface area (Å²) in [5, 5.41) is 23.5. The van der Waals surface area contributed by atoms with Gasteiger partial charge in [-0.2, -0.15) is 0 Å². The Balaban J connectivity index is 1.93. The fourth-order valence-corrected chi connectivity index (χ4v) is 1.91. The SMILES string of the molecule is COc1ccc(O)c(CNCc2ccc([N+](=O)[O-])cc2)c1. The van der Waals surface area contributed by atoms with E-state index in [0.717, 1.165) is 11.1 Å². The molecule has 0 aromatic heterocycles. The number of phenols is 1. The highest BCUT2D eigenvalue weighted by Crippen LogP contribution is 2.22. The van der Waals surface area contributed by atoms with Crippen molar-refractivity contribution in [1.82, 2.24) is 5.32 Å². The topological polar surface area (TPSA) is 84.6 Å². The fraction of sp³-hybridized carbons (Fsp3) is 0.200. The first-order valence-electron chi connectivity index (χ1n) is 6.40. The summed E-state index contributed by atoms with van der Waals surface area (Å²) in [6.45, 7) is 1.02. The van der Waals surface area contributed by atoms with Gasteiger partial charge in [0.05, 0.1) is 12.0 Å². The van der Waals surface area contributed by atoms with Gasteiger partial charge in [0.1, 0.15) is 11.5 Å². The first-order chi connectivity index (χ1) is 10.1. The van der Waals surface area contributed by atoms with Crippen molar-refractivity contribution in [3.63, 3.8) is 0 Å². The Kier molecular flexibility index (Phi) is 4.73. The molecule has 2 aromatic carbocycles. The van der Waals surface area contributed by atoms with E-state index in [2.05, 4.69) is 5.32 Å². The number of nitrogens with one attached hydrogen (secondary N) is 1. The number of nitro benzene ring substituents is 1. The number of phenolic OH excluding ortho intramolecular Hbond substituents is 1. The lowest BCUT2D eigenvalue weighted by atomic mass is 10.1. The summed E-state index contributed by atoms with van der Waals surface area (Å²) in [5.74, 6) is 0.881. The number of ether oxygens (including phenoxy) is 1. The van der Waals surface area contributed by atoms with E-state index in [1.165, 1.54) is 12.1 Å². The molecular weight excluding hydrogens is 272 g/mol. The van der Waals surface area contributed by atoms with E-state index in [4.69, 9.17) is 4.74 Å². The molecular formula is C15H16N2O4. The van der Waals surface area contributed by atoms with Gasteiger partial charge in [-0.3, -0.25) is 10.1 Å². The third kappa shape index (κ3) is 3.93. The number of rotatable bonds is 6. The Morgan fingerprint density at radius 1 is 1.19 bits per heavy atom. The minimum Gasteiger partial charge on any atom is -0.508 e. The number of methoxy groups -OCH3 is 1. The van der Waals surface area contributed by atoms with Gasteiger partial charge < -0.3 is 15.2 Å². The molecule has 0 saturated heterocycles. The van der Waals surface area contributed by atoms with E-state index < -0.39 is 4.92 Å². The number of hydrogen-bond donors (Lipinski definition) is 2. The zero-order valence-electron chi connectivity index (χ0n) is 11.6. The molecule has 2 rings (SSSR count). The van der Waals surface area contributed by atoms with Crippen molar-refractivity contribution in [2.75, 3.05) is 7.11 Å². The van der Waals surface area contributed by atoms with E-state index in [9.17, 15) is 15.2 Å². The summed E-state index contributed by atoms with van der Waals surface area (Å²) in [7, 11) is 1.57. The van der Waals surface area contributed by atoms with Crippen molar-refractivity contribution in [3.8, 4) is 11.5 Å². The molecule has 0 fully saturated rings. The number of hydrogen-bond acceptors (Lipinski definition) is 5. The standard InChI is InChI=1S/C15H16N2O4/c1-21-14-6-7-15(18)12(8-14)10-16-9-11-2-4-13(5-3-11)17(19)20/h2-8,16,18H,9-10H2,1H3. The maximum atomic E-state index is 10.6. The average molecular weight is 288 g/mol. The second-order valence-electron chi connectivity index (χ2n) is 4.52. The van der Waals surface area contributed by atoms with E-state index >= 15 is 0 Å². The molecule has 0 saturated carbocycles. The summed E-state index contributed by atoms with van der Waals surface area (Å²) in [4.78, 5) is 10.1. The average Bonchev–Trinajstić information content (AvgIpc) is 2.49. The molecule has 0 aliphatic rings. The van der Waals surface area contributed by atoms with Gasteiger partial charge in [-0.05, 0) is 23.8 Å². The largest absolute Gasteiger partial charge is 0.508 e. The van der Waals surface area contributed by atoms with Gasteiger partial charge in [-0.1, -0.05) is 12.1 Å². The van der Waals surface area contributed by atoms with Gasteiger partial charge in [0.25, 0.3) is 5.69 Å². The number of aromatic hydroxyl groups is 1. The minimum absolute atomic E-state index is 0.0733. The van der Waals surface area contributed by atoms with Gasteiger partial charge in [0.2, 0.25) is 0 Å². The van der Waals surface area contributed by atoms with Crippen molar-refractivity contribution in [2.45, 2.75) is 13.1 Å². The van der Waals surface area contributed by atoms with Crippen LogP contribution in [0.4, 0.5) is 5.69 Å². The van der Waals surface area contributed by atoms with Crippen LogP contribution < -0.4 is 10.1 Å². The summed E-state index contributed by atoms with van der Waals surface area (Å²) < 4.78 is 5.11. The third-order valence-electron chi connectivity index (χ3n) is 3.08. The summed E-state index contributed by atoms with van der Waals surface area (Å²) in [5.41, 5.74) is 1.74. The number of non-ortho nitro benzene ring substituents is 1. The van der Waals surface area contributed by atoms with Crippen molar-refractivity contribution in [2.24, 2.45) is 0 Å². The number of benzene rings is 2. The Bertz CT molecular complexity index is 626. The van der Waals surface area contributed by atoms with Crippen LogP contribution in [0.15, 0.2) is 42.5 Å². The van der Waals surface area contributed by atoms with Crippen molar-refractivity contribution in [3.05, 3.63) is 63.7 Å². The molecule has 0 spiro atoms. The molecule has 6 nitrogen and oxygen atoms in total. The summed E-state index contributed by atoms with van der Waals surface area (Å²) in [6.07, 6.45) is 0. The van der Waals surface area contributed by atoms with E-state index in [1.807, 2.05) is 0 Å². The molecule has 0 aliphatic carbocycles. The molecule has 0 atom stereocenters. The van der Waals surface area contributed by atoms with Gasteiger partial charge in [-0.25, -0.2) is 0 Å². The third-order valence-corrected chi connectivity index (χ3v) is 3.08. The van der Waals surface area contributed by atoms with Crippen LogP contribution in [0.3, 0.4) is 0 Å². The first-order valence-corrected chi connectivity index (χ1v) is 6.40. The van der Waals surface area contributed by atoms with Crippen LogP contribution in [0.1, 0.15) is 11.1 Å². The van der Waals surface area contributed by atoms with E-state index in [0.29, 0.717) is 18.8 Å². The fourth-order valence-electron chi connectivity index (χ4n) is 1.91. The molecule has 0 bridgehead atoms. The lowest BCUT2D eigenvalue weighted by Gasteiger charge is -2.09. The zero-order chi connectivity index (χ0) is 15.2. The molecule has 2 aromatic rings. The van der Waals surface area contributed by atoms with E-state index in [-0.39, 0.29) is 11.4 Å². The van der Waals surface area contributed by atoms with Crippen LogP contribution in [0.2, 0.25) is 0 Å². The van der Waals surface area contributed by atoms with Crippen LogP contribution in [0.5, 0.6) is 11.5 Å². The maximum Gasteiger partial charge on any atom is 0.269 e. The second-order valence-corrected chi connectivity index (χ2v) is 4.52. The van der Waals surface area contributed by atoms with Crippen LogP contribution in [-0.2, 0) is 13.1 Å². The van der Waals surface area contributed by atoms with E-state index in [1.54, 1.807) is 37.4 Å². The van der Waals surface area contributed by atoms with Crippen molar-refractivity contribution >= 4 is 5.69 Å². The zero-order valence-corrected chi connectivity index (χ0v) is 11.6. The highest BCUT2D eigenvalue weighted by molar-refractivity contribution is 5.39. The molecule has 110 valence electrons. The predicted octanol–water partition coefficient (Wildman–Crippen LogP) is 2.60. The van der Waals surface area contributed by atoms with Gasteiger partial charge in [0, 0.05) is 30.8 Å². The first kappa shape index (κ1) is 14.8. The molecule has 0 aliphatic heterocycles. The minimum atomic E-state index is -0.425. The normalized spacial score (nSPS) is 10.3. The highest BCUT2D eigenvalue weighted by Gasteiger charge is 2.05. The molecule has 0 heterocycles. The second kappa shape index (κ2) is 6.71. The molecule has 6 heteroatoms. The van der Waals surface area contributed by atoms with Gasteiger partial charge >= 0.3 is 0 Å². The Morgan fingerprint density at radius 3 is 2.52 bits per heavy atom. The molecule has 0 amide bonds. The Labute approximate surface area is 122 Å². The van der Waals surface area contributed by atoms with Gasteiger partial charge in [-0.15, -0.1) is 0 Å². The van der Waals surface area contributed by atoms with Crippen LogP contribution in [0.25, 0.3) is 0 Å². The molecule has 0 radical (unpaired) electrons. The molecule has 21 heavy (non-hydrogen) atoms. The molecule has 0 unspecified atom stereocenters. The quantitative estimate of drug-likeness (QED) is 0.630. The predicted molar refractivity (Wildman–Crippen MR) is 78.3 cm³/mol. The molecule has 2 N–H and O–H groups in total. The van der Waals surface area contributed by atoms with Gasteiger partial charge in [0.15, 0.2) is 0 Å². The summed E-state index contributed by atoms with van der Waals surface area (Å²) in [6, 6.07) is 11.4. The highest BCUT2D eigenvalue weighted by atomic mass is 16.6. The summed E-state index contributed by atoms with van der Waals surface area (Å²) >= 11 is 0.